The van der Waals surface area contributed by atoms with E-state index in [1.54, 1.807) is 0 Å². The van der Waals surface area contributed by atoms with Crippen LogP contribution in [0, 0.1) is 0 Å². The number of aromatic nitrogens is 1. The molecule has 13 heavy (non-hydrogen) atoms. The number of aliphatic hydroxyl groups is 1. The SMILES string of the molecule is NCC(O)c1nc2c(s1)COCC2. The molecule has 1 aliphatic heterocycles. The van der Waals surface area contributed by atoms with Gasteiger partial charge >= 0.3 is 0 Å². The summed E-state index contributed by atoms with van der Waals surface area (Å²) in [6.45, 7) is 1.59. The highest BCUT2D eigenvalue weighted by molar-refractivity contribution is 7.11. The Balaban J connectivity index is 2.25. The number of aliphatic hydroxyl groups excluding tert-OH is 1. The van der Waals surface area contributed by atoms with Crippen molar-refractivity contribution in [3.8, 4) is 0 Å². The highest BCUT2D eigenvalue weighted by atomic mass is 32.1. The van der Waals surface area contributed by atoms with E-state index in [1.807, 2.05) is 0 Å². The number of thiazole rings is 1. The van der Waals surface area contributed by atoms with E-state index in [9.17, 15) is 5.11 Å². The highest BCUT2D eigenvalue weighted by Crippen LogP contribution is 2.26. The third kappa shape index (κ3) is 1.73. The van der Waals surface area contributed by atoms with E-state index in [0.717, 1.165) is 28.6 Å². The first-order valence-electron chi connectivity index (χ1n) is 4.25. The molecule has 4 nitrogen and oxygen atoms in total. The summed E-state index contributed by atoms with van der Waals surface area (Å²) in [5.41, 5.74) is 6.42. The fourth-order valence-corrected chi connectivity index (χ4v) is 2.34. The predicted molar refractivity (Wildman–Crippen MR) is 49.5 cm³/mol. The Morgan fingerprint density at radius 2 is 2.54 bits per heavy atom. The average molecular weight is 200 g/mol. The van der Waals surface area contributed by atoms with Gasteiger partial charge in [0.1, 0.15) is 11.1 Å². The molecule has 1 unspecified atom stereocenters. The van der Waals surface area contributed by atoms with Crippen molar-refractivity contribution in [1.29, 1.82) is 0 Å². The maximum absolute atomic E-state index is 9.46. The minimum Gasteiger partial charge on any atom is -0.385 e. The molecule has 0 saturated carbocycles. The van der Waals surface area contributed by atoms with E-state index >= 15 is 0 Å². The van der Waals surface area contributed by atoms with Crippen LogP contribution in [-0.2, 0) is 17.8 Å². The molecule has 0 radical (unpaired) electrons. The van der Waals surface area contributed by atoms with Gasteiger partial charge in [0, 0.05) is 13.0 Å². The van der Waals surface area contributed by atoms with Crippen LogP contribution in [0.3, 0.4) is 0 Å². The monoisotopic (exact) mass is 200 g/mol. The summed E-state index contributed by atoms with van der Waals surface area (Å²) in [5, 5.41) is 10.2. The first-order chi connectivity index (χ1) is 6.31. The zero-order valence-electron chi connectivity index (χ0n) is 7.19. The minimum atomic E-state index is -0.615. The lowest BCUT2D eigenvalue weighted by molar-refractivity contribution is 0.112. The molecule has 1 aromatic heterocycles. The number of rotatable bonds is 2. The fraction of sp³-hybridized carbons (Fsp3) is 0.625. The maximum atomic E-state index is 9.46. The Morgan fingerprint density at radius 1 is 1.69 bits per heavy atom. The topological polar surface area (TPSA) is 68.4 Å². The molecule has 0 aromatic carbocycles. The lowest BCUT2D eigenvalue weighted by Gasteiger charge is -2.08. The smallest absolute Gasteiger partial charge is 0.123 e. The Morgan fingerprint density at radius 3 is 3.23 bits per heavy atom. The zero-order chi connectivity index (χ0) is 9.26. The number of ether oxygens (including phenoxy) is 1. The molecule has 0 amide bonds. The summed E-state index contributed by atoms with van der Waals surface area (Å²) in [6, 6.07) is 0. The van der Waals surface area contributed by atoms with Crippen LogP contribution in [0.4, 0.5) is 0 Å². The molecule has 72 valence electrons. The first-order valence-corrected chi connectivity index (χ1v) is 5.07. The molecule has 5 heteroatoms. The number of nitrogens with two attached hydrogens (primary N) is 1. The molecule has 1 atom stereocenters. The molecule has 0 bridgehead atoms. The molecule has 2 rings (SSSR count). The van der Waals surface area contributed by atoms with Gasteiger partial charge in [0.25, 0.3) is 0 Å². The van der Waals surface area contributed by atoms with Gasteiger partial charge in [0.15, 0.2) is 0 Å². The van der Waals surface area contributed by atoms with Gasteiger partial charge in [-0.2, -0.15) is 0 Å². The van der Waals surface area contributed by atoms with E-state index in [2.05, 4.69) is 4.98 Å². The average Bonchev–Trinajstić information content (AvgIpc) is 2.59. The Labute approximate surface area is 80.4 Å². The van der Waals surface area contributed by atoms with Crippen molar-refractivity contribution in [3.05, 3.63) is 15.6 Å². The Hall–Kier alpha value is -0.490. The fourth-order valence-electron chi connectivity index (χ4n) is 1.29. The van der Waals surface area contributed by atoms with E-state index in [0.29, 0.717) is 6.61 Å². The van der Waals surface area contributed by atoms with Crippen LogP contribution in [0.1, 0.15) is 21.7 Å². The van der Waals surface area contributed by atoms with Crippen molar-refractivity contribution < 1.29 is 9.84 Å². The normalized spacial score (nSPS) is 18.3. The summed E-state index contributed by atoms with van der Waals surface area (Å²) >= 11 is 1.50. The quantitative estimate of drug-likeness (QED) is 0.716. The Bertz CT molecular complexity index is 277. The molecule has 0 aliphatic carbocycles. The van der Waals surface area contributed by atoms with Crippen molar-refractivity contribution in [2.45, 2.75) is 19.1 Å². The molecule has 1 aromatic rings. The van der Waals surface area contributed by atoms with Crippen molar-refractivity contribution in [2.24, 2.45) is 5.73 Å². The van der Waals surface area contributed by atoms with Gasteiger partial charge in [-0.1, -0.05) is 0 Å². The third-order valence-corrected chi connectivity index (χ3v) is 3.19. The van der Waals surface area contributed by atoms with Crippen molar-refractivity contribution in [1.82, 2.24) is 4.98 Å². The molecular weight excluding hydrogens is 188 g/mol. The summed E-state index contributed by atoms with van der Waals surface area (Å²) in [5.74, 6) is 0. The zero-order valence-corrected chi connectivity index (χ0v) is 8.01. The van der Waals surface area contributed by atoms with Crippen LogP contribution in [0.5, 0.6) is 0 Å². The van der Waals surface area contributed by atoms with Gasteiger partial charge in [0.05, 0.1) is 23.8 Å². The standard InChI is InChI=1S/C8H12N2O2S/c9-3-6(11)8-10-5-1-2-12-4-7(5)13-8/h6,11H,1-4,9H2. The number of hydrogen-bond acceptors (Lipinski definition) is 5. The van der Waals surface area contributed by atoms with Crippen molar-refractivity contribution in [3.63, 3.8) is 0 Å². The van der Waals surface area contributed by atoms with Gasteiger partial charge in [-0.3, -0.25) is 0 Å². The van der Waals surface area contributed by atoms with Gasteiger partial charge in [-0.15, -0.1) is 11.3 Å². The molecule has 0 saturated heterocycles. The summed E-state index contributed by atoms with van der Waals surface area (Å²) < 4.78 is 5.28. The van der Waals surface area contributed by atoms with Crippen molar-refractivity contribution >= 4 is 11.3 Å². The number of fused-ring (bicyclic) bond motifs is 1. The van der Waals surface area contributed by atoms with Gasteiger partial charge in [-0.25, -0.2) is 4.98 Å². The second kappa shape index (κ2) is 3.71. The molecular formula is C8H12N2O2S. The molecule has 3 N–H and O–H groups in total. The molecule has 1 aliphatic rings. The van der Waals surface area contributed by atoms with Gasteiger partial charge in [-0.05, 0) is 0 Å². The molecule has 0 fully saturated rings. The second-order valence-corrected chi connectivity index (χ2v) is 4.09. The van der Waals surface area contributed by atoms with Crippen molar-refractivity contribution in [2.75, 3.05) is 13.2 Å². The van der Waals surface area contributed by atoms with Crippen LogP contribution in [0.2, 0.25) is 0 Å². The van der Waals surface area contributed by atoms with E-state index in [-0.39, 0.29) is 6.54 Å². The van der Waals surface area contributed by atoms with Gasteiger partial charge in [0.2, 0.25) is 0 Å². The number of hydrogen-bond donors (Lipinski definition) is 2. The molecule has 0 spiro atoms. The maximum Gasteiger partial charge on any atom is 0.123 e. The number of nitrogens with zero attached hydrogens (tertiary/aromatic N) is 1. The predicted octanol–water partition coefficient (Wildman–Crippen LogP) is 0.208. The first kappa shape index (κ1) is 9.08. The lowest BCUT2D eigenvalue weighted by atomic mass is 10.2. The van der Waals surface area contributed by atoms with Crippen LogP contribution in [-0.4, -0.2) is 23.2 Å². The van der Waals surface area contributed by atoms with Crippen LogP contribution in [0.25, 0.3) is 0 Å². The van der Waals surface area contributed by atoms with E-state index in [4.69, 9.17) is 10.5 Å². The summed E-state index contributed by atoms with van der Waals surface area (Å²) in [6.07, 6.45) is 0.235. The molecule has 2 heterocycles. The Kier molecular flexibility index (Phi) is 2.59. The minimum absolute atomic E-state index is 0.229. The lowest BCUT2D eigenvalue weighted by Crippen LogP contribution is -2.11. The van der Waals surface area contributed by atoms with Crippen LogP contribution < -0.4 is 5.73 Å². The summed E-state index contributed by atoms with van der Waals surface area (Å²) in [7, 11) is 0. The third-order valence-electron chi connectivity index (χ3n) is 2.02. The van der Waals surface area contributed by atoms with E-state index < -0.39 is 6.10 Å². The van der Waals surface area contributed by atoms with Gasteiger partial charge < -0.3 is 15.6 Å². The largest absolute Gasteiger partial charge is 0.385 e. The second-order valence-electron chi connectivity index (χ2n) is 2.98. The van der Waals surface area contributed by atoms with Crippen LogP contribution in [0.15, 0.2) is 0 Å². The highest BCUT2D eigenvalue weighted by Gasteiger charge is 2.18. The van der Waals surface area contributed by atoms with E-state index in [1.165, 1.54) is 11.3 Å². The summed E-state index contributed by atoms with van der Waals surface area (Å²) in [4.78, 5) is 5.46. The van der Waals surface area contributed by atoms with Crippen LogP contribution >= 0.6 is 11.3 Å².